The fourth-order valence-electron chi connectivity index (χ4n) is 4.40. The van der Waals surface area contributed by atoms with Gasteiger partial charge in [-0.3, -0.25) is 14.5 Å². The molecule has 21 heavy (non-hydrogen) atoms. The van der Waals surface area contributed by atoms with Crippen LogP contribution in [0.3, 0.4) is 0 Å². The third-order valence-corrected chi connectivity index (χ3v) is 5.99. The van der Waals surface area contributed by atoms with Crippen molar-refractivity contribution in [3.63, 3.8) is 0 Å². The standard InChI is InChI=1S/C17H28N2O2/c1-11-6-5-9-14(12(11)2)18-15-10-16(20)19(17(15)21)13-7-3-4-8-13/h11-15,18H,3-10H2,1-2H3. The van der Waals surface area contributed by atoms with Crippen molar-refractivity contribution in [2.45, 2.75) is 83.3 Å². The van der Waals surface area contributed by atoms with Crippen LogP contribution in [-0.4, -0.2) is 34.8 Å². The Morgan fingerprint density at radius 1 is 1.00 bits per heavy atom. The Kier molecular flexibility index (Phi) is 4.34. The van der Waals surface area contributed by atoms with Crippen molar-refractivity contribution in [2.24, 2.45) is 11.8 Å². The number of hydrogen-bond acceptors (Lipinski definition) is 3. The number of nitrogens with one attached hydrogen (secondary N) is 1. The van der Waals surface area contributed by atoms with Crippen LogP contribution in [-0.2, 0) is 9.59 Å². The highest BCUT2D eigenvalue weighted by Gasteiger charge is 2.44. The number of amides is 2. The maximum Gasteiger partial charge on any atom is 0.247 e. The summed E-state index contributed by atoms with van der Waals surface area (Å²) < 4.78 is 0. The minimum atomic E-state index is -0.268. The van der Waals surface area contributed by atoms with E-state index in [4.69, 9.17) is 0 Å². The first-order chi connectivity index (χ1) is 10.1. The molecule has 4 nitrogen and oxygen atoms in total. The fraction of sp³-hybridized carbons (Fsp3) is 0.882. The van der Waals surface area contributed by atoms with Gasteiger partial charge in [-0.15, -0.1) is 0 Å². The zero-order valence-electron chi connectivity index (χ0n) is 13.3. The maximum absolute atomic E-state index is 12.6. The van der Waals surface area contributed by atoms with Crippen LogP contribution in [0, 0.1) is 11.8 Å². The molecule has 4 unspecified atom stereocenters. The highest BCUT2D eigenvalue weighted by molar-refractivity contribution is 6.05. The summed E-state index contributed by atoms with van der Waals surface area (Å²) in [6.07, 6.45) is 8.31. The minimum Gasteiger partial charge on any atom is -0.302 e. The average molecular weight is 292 g/mol. The fourth-order valence-corrected chi connectivity index (χ4v) is 4.40. The highest BCUT2D eigenvalue weighted by Crippen LogP contribution is 2.32. The molecule has 0 aromatic heterocycles. The van der Waals surface area contributed by atoms with E-state index in [2.05, 4.69) is 19.2 Å². The van der Waals surface area contributed by atoms with Gasteiger partial charge in [0.05, 0.1) is 12.5 Å². The molecule has 1 heterocycles. The summed E-state index contributed by atoms with van der Waals surface area (Å²) in [5, 5.41) is 3.52. The molecule has 1 saturated heterocycles. The zero-order valence-corrected chi connectivity index (χ0v) is 13.3. The number of carbonyl (C=O) groups is 2. The molecule has 3 fully saturated rings. The summed E-state index contributed by atoms with van der Waals surface area (Å²) in [5.74, 6) is 1.37. The predicted octanol–water partition coefficient (Wildman–Crippen LogP) is 2.47. The average Bonchev–Trinajstić information content (AvgIpc) is 3.04. The smallest absolute Gasteiger partial charge is 0.247 e. The Hall–Kier alpha value is -0.900. The lowest BCUT2D eigenvalue weighted by Crippen LogP contribution is -2.49. The Balaban J connectivity index is 1.64. The second-order valence-corrected chi connectivity index (χ2v) is 7.34. The van der Waals surface area contributed by atoms with Crippen molar-refractivity contribution < 1.29 is 9.59 Å². The van der Waals surface area contributed by atoms with Crippen molar-refractivity contribution in [2.75, 3.05) is 0 Å². The van der Waals surface area contributed by atoms with Crippen molar-refractivity contribution >= 4 is 11.8 Å². The van der Waals surface area contributed by atoms with Crippen LogP contribution >= 0.6 is 0 Å². The van der Waals surface area contributed by atoms with E-state index in [1.807, 2.05) is 0 Å². The van der Waals surface area contributed by atoms with E-state index in [0.29, 0.717) is 24.3 Å². The second-order valence-electron chi connectivity index (χ2n) is 7.34. The van der Waals surface area contributed by atoms with Gasteiger partial charge >= 0.3 is 0 Å². The minimum absolute atomic E-state index is 0.0392. The number of carbonyl (C=O) groups excluding carboxylic acids is 2. The van der Waals surface area contributed by atoms with E-state index in [-0.39, 0.29) is 23.9 Å². The van der Waals surface area contributed by atoms with Gasteiger partial charge in [0, 0.05) is 12.1 Å². The molecule has 0 bridgehead atoms. The molecule has 2 amide bonds. The van der Waals surface area contributed by atoms with E-state index in [1.165, 1.54) is 12.8 Å². The number of rotatable bonds is 3. The van der Waals surface area contributed by atoms with Gasteiger partial charge in [-0.25, -0.2) is 0 Å². The van der Waals surface area contributed by atoms with Gasteiger partial charge < -0.3 is 5.32 Å². The molecule has 0 aromatic carbocycles. The van der Waals surface area contributed by atoms with Crippen LogP contribution < -0.4 is 5.32 Å². The Bertz CT molecular complexity index is 417. The monoisotopic (exact) mass is 292 g/mol. The van der Waals surface area contributed by atoms with Crippen molar-refractivity contribution in [3.8, 4) is 0 Å². The number of imide groups is 1. The third kappa shape index (κ3) is 2.87. The number of hydrogen-bond donors (Lipinski definition) is 1. The topological polar surface area (TPSA) is 49.4 Å². The maximum atomic E-state index is 12.6. The molecule has 4 atom stereocenters. The van der Waals surface area contributed by atoms with Gasteiger partial charge in [-0.1, -0.05) is 39.5 Å². The molecular formula is C17H28N2O2. The molecule has 0 aromatic rings. The van der Waals surface area contributed by atoms with Crippen LogP contribution in [0.2, 0.25) is 0 Å². The highest BCUT2D eigenvalue weighted by atomic mass is 16.2. The van der Waals surface area contributed by atoms with Crippen LogP contribution in [0.25, 0.3) is 0 Å². The molecule has 1 aliphatic heterocycles. The Labute approximate surface area is 127 Å². The van der Waals surface area contributed by atoms with Crippen LogP contribution in [0.15, 0.2) is 0 Å². The van der Waals surface area contributed by atoms with Gasteiger partial charge in [-0.2, -0.15) is 0 Å². The molecule has 3 rings (SSSR count). The summed E-state index contributed by atoms with van der Waals surface area (Å²) in [4.78, 5) is 26.4. The zero-order chi connectivity index (χ0) is 15.0. The van der Waals surface area contributed by atoms with E-state index < -0.39 is 0 Å². The van der Waals surface area contributed by atoms with Gasteiger partial charge in [-0.05, 0) is 31.1 Å². The molecule has 4 heteroatoms. The van der Waals surface area contributed by atoms with Crippen LogP contribution in [0.4, 0.5) is 0 Å². The molecule has 1 N–H and O–H groups in total. The van der Waals surface area contributed by atoms with E-state index in [1.54, 1.807) is 4.90 Å². The lowest BCUT2D eigenvalue weighted by Gasteiger charge is -2.36. The molecule has 2 saturated carbocycles. The van der Waals surface area contributed by atoms with E-state index in [9.17, 15) is 9.59 Å². The van der Waals surface area contributed by atoms with Gasteiger partial charge in [0.2, 0.25) is 11.8 Å². The first kappa shape index (κ1) is 15.0. The SMILES string of the molecule is CC1CCCC(NC2CC(=O)N(C3CCCC3)C2=O)C1C. The Morgan fingerprint density at radius 2 is 1.71 bits per heavy atom. The van der Waals surface area contributed by atoms with Crippen molar-refractivity contribution in [3.05, 3.63) is 0 Å². The van der Waals surface area contributed by atoms with Crippen molar-refractivity contribution in [1.29, 1.82) is 0 Å². The van der Waals surface area contributed by atoms with E-state index in [0.717, 1.165) is 32.1 Å². The first-order valence-electron chi connectivity index (χ1n) is 8.70. The van der Waals surface area contributed by atoms with Crippen LogP contribution in [0.1, 0.15) is 65.2 Å². The predicted molar refractivity (Wildman–Crippen MR) is 81.6 cm³/mol. The molecule has 118 valence electrons. The number of nitrogens with zero attached hydrogens (tertiary/aromatic N) is 1. The lowest BCUT2D eigenvalue weighted by molar-refractivity contribution is -0.141. The summed E-state index contributed by atoms with van der Waals surface area (Å²) in [6, 6.07) is 0.300. The van der Waals surface area contributed by atoms with Gasteiger partial charge in [0.15, 0.2) is 0 Å². The molecule has 2 aliphatic carbocycles. The Morgan fingerprint density at radius 3 is 2.43 bits per heavy atom. The summed E-state index contributed by atoms with van der Waals surface area (Å²) in [5.41, 5.74) is 0. The molecular weight excluding hydrogens is 264 g/mol. The van der Waals surface area contributed by atoms with Gasteiger partial charge in [0.1, 0.15) is 0 Å². The normalized spacial score (nSPS) is 38.5. The third-order valence-electron chi connectivity index (χ3n) is 5.99. The van der Waals surface area contributed by atoms with E-state index >= 15 is 0 Å². The quantitative estimate of drug-likeness (QED) is 0.813. The van der Waals surface area contributed by atoms with Gasteiger partial charge in [0.25, 0.3) is 0 Å². The molecule has 0 spiro atoms. The summed E-state index contributed by atoms with van der Waals surface area (Å²) in [7, 11) is 0. The molecule has 3 aliphatic rings. The molecule has 0 radical (unpaired) electrons. The van der Waals surface area contributed by atoms with Crippen molar-refractivity contribution in [1.82, 2.24) is 10.2 Å². The summed E-state index contributed by atoms with van der Waals surface area (Å²) in [6.45, 7) is 4.57. The number of likely N-dealkylation sites (tertiary alicyclic amines) is 1. The van der Waals surface area contributed by atoms with Crippen LogP contribution in [0.5, 0.6) is 0 Å². The first-order valence-corrected chi connectivity index (χ1v) is 8.70. The summed E-state index contributed by atoms with van der Waals surface area (Å²) >= 11 is 0. The lowest BCUT2D eigenvalue weighted by atomic mass is 9.78. The largest absolute Gasteiger partial charge is 0.302 e. The second kappa shape index (κ2) is 6.07.